The van der Waals surface area contributed by atoms with Crippen molar-refractivity contribution in [1.29, 1.82) is 0 Å². The standard InChI is InChI=1S/C13H27NO3Si/c1-13(2,3)18(5,6)17-10-16-12(15)11-7-8-14(4)9-11/h11H,7-10H2,1-6H3. The molecule has 106 valence electrons. The van der Waals surface area contributed by atoms with E-state index in [1.165, 1.54) is 0 Å². The van der Waals surface area contributed by atoms with Gasteiger partial charge in [-0.05, 0) is 38.1 Å². The van der Waals surface area contributed by atoms with Crippen LogP contribution in [-0.2, 0) is 14.0 Å². The van der Waals surface area contributed by atoms with Gasteiger partial charge in [-0.15, -0.1) is 0 Å². The molecule has 0 saturated carbocycles. The van der Waals surface area contributed by atoms with E-state index in [0.29, 0.717) is 0 Å². The van der Waals surface area contributed by atoms with Crippen molar-refractivity contribution in [3.8, 4) is 0 Å². The maximum absolute atomic E-state index is 11.8. The van der Waals surface area contributed by atoms with Crippen LogP contribution in [0.2, 0.25) is 18.1 Å². The van der Waals surface area contributed by atoms with E-state index in [1.54, 1.807) is 0 Å². The maximum Gasteiger partial charge on any atom is 0.312 e. The van der Waals surface area contributed by atoms with Gasteiger partial charge < -0.3 is 14.1 Å². The smallest absolute Gasteiger partial charge is 0.312 e. The summed E-state index contributed by atoms with van der Waals surface area (Å²) in [5, 5.41) is 0.146. The van der Waals surface area contributed by atoms with Crippen LogP contribution in [0.1, 0.15) is 27.2 Å². The first-order chi connectivity index (χ1) is 8.13. The largest absolute Gasteiger partial charge is 0.439 e. The average molecular weight is 273 g/mol. The second-order valence-electron chi connectivity index (χ2n) is 6.73. The third kappa shape index (κ3) is 4.07. The fourth-order valence-electron chi connectivity index (χ4n) is 1.70. The highest BCUT2D eigenvalue weighted by Crippen LogP contribution is 2.36. The number of ether oxygens (including phenoxy) is 1. The van der Waals surface area contributed by atoms with E-state index in [0.717, 1.165) is 19.5 Å². The molecule has 0 aromatic heterocycles. The zero-order valence-corrected chi connectivity index (χ0v) is 13.6. The summed E-state index contributed by atoms with van der Waals surface area (Å²) in [6, 6.07) is 0. The van der Waals surface area contributed by atoms with Crippen LogP contribution >= 0.6 is 0 Å². The van der Waals surface area contributed by atoms with Gasteiger partial charge in [0, 0.05) is 6.54 Å². The van der Waals surface area contributed by atoms with Gasteiger partial charge in [-0.2, -0.15) is 0 Å². The lowest BCUT2D eigenvalue weighted by atomic mass is 10.1. The molecule has 4 nitrogen and oxygen atoms in total. The summed E-state index contributed by atoms with van der Waals surface area (Å²) in [4.78, 5) is 14.0. The summed E-state index contributed by atoms with van der Waals surface area (Å²) in [6.45, 7) is 12.7. The molecule has 1 fully saturated rings. The molecule has 0 bridgehead atoms. The van der Waals surface area contributed by atoms with E-state index >= 15 is 0 Å². The molecule has 0 amide bonds. The van der Waals surface area contributed by atoms with Crippen LogP contribution in [0.4, 0.5) is 0 Å². The zero-order chi connectivity index (χ0) is 14.0. The van der Waals surface area contributed by atoms with Gasteiger partial charge in [0.1, 0.15) is 0 Å². The lowest BCUT2D eigenvalue weighted by Crippen LogP contribution is -2.41. The Balaban J connectivity index is 2.32. The first-order valence-corrected chi connectivity index (χ1v) is 9.53. The van der Waals surface area contributed by atoms with Crippen LogP contribution in [-0.4, -0.2) is 46.1 Å². The molecule has 1 unspecified atom stereocenters. The Morgan fingerprint density at radius 3 is 2.44 bits per heavy atom. The van der Waals surface area contributed by atoms with Gasteiger partial charge in [0.2, 0.25) is 0 Å². The highest BCUT2D eigenvalue weighted by molar-refractivity contribution is 6.74. The predicted molar refractivity (Wildman–Crippen MR) is 74.8 cm³/mol. The number of hydrogen-bond acceptors (Lipinski definition) is 4. The van der Waals surface area contributed by atoms with Crippen molar-refractivity contribution in [3.05, 3.63) is 0 Å². The van der Waals surface area contributed by atoms with Crippen LogP contribution < -0.4 is 0 Å². The fourth-order valence-corrected chi connectivity index (χ4v) is 2.48. The van der Waals surface area contributed by atoms with E-state index in [2.05, 4.69) is 38.8 Å². The molecule has 1 atom stereocenters. The molecule has 0 aliphatic carbocycles. The second kappa shape index (κ2) is 5.71. The molecule has 1 aliphatic heterocycles. The molecule has 0 spiro atoms. The van der Waals surface area contributed by atoms with E-state index in [4.69, 9.17) is 9.16 Å². The Bertz CT molecular complexity index is 299. The summed E-state index contributed by atoms with van der Waals surface area (Å²) in [6.07, 6.45) is 0.898. The zero-order valence-electron chi connectivity index (χ0n) is 12.6. The van der Waals surface area contributed by atoms with Crippen LogP contribution in [0, 0.1) is 5.92 Å². The van der Waals surface area contributed by atoms with E-state index in [1.807, 2.05) is 7.05 Å². The van der Waals surface area contributed by atoms with Crippen molar-refractivity contribution < 1.29 is 14.0 Å². The van der Waals surface area contributed by atoms with E-state index < -0.39 is 8.32 Å². The quantitative estimate of drug-likeness (QED) is 0.448. The monoisotopic (exact) mass is 273 g/mol. The van der Waals surface area contributed by atoms with Crippen molar-refractivity contribution in [2.45, 2.75) is 45.3 Å². The normalized spacial score (nSPS) is 22.2. The van der Waals surface area contributed by atoms with Crippen LogP contribution in [0.15, 0.2) is 0 Å². The Kier molecular flexibility index (Phi) is 4.97. The third-order valence-corrected chi connectivity index (χ3v) is 8.60. The molecule has 1 aliphatic rings. The second-order valence-corrected chi connectivity index (χ2v) is 11.5. The van der Waals surface area contributed by atoms with Crippen molar-refractivity contribution in [2.24, 2.45) is 5.92 Å². The predicted octanol–water partition coefficient (Wildman–Crippen LogP) is 2.46. The SMILES string of the molecule is CN1CCC(C(=O)OCO[Si](C)(C)C(C)(C)C)C1. The maximum atomic E-state index is 11.8. The Labute approximate surface area is 112 Å². The van der Waals surface area contributed by atoms with Gasteiger partial charge in [0.05, 0.1) is 5.92 Å². The van der Waals surface area contributed by atoms with Crippen LogP contribution in [0.25, 0.3) is 0 Å². The topological polar surface area (TPSA) is 38.8 Å². The molecule has 0 radical (unpaired) electrons. The first-order valence-electron chi connectivity index (χ1n) is 6.62. The summed E-state index contributed by atoms with van der Waals surface area (Å²) < 4.78 is 11.1. The van der Waals surface area contributed by atoms with Gasteiger partial charge in [0.15, 0.2) is 15.1 Å². The van der Waals surface area contributed by atoms with Gasteiger partial charge in [-0.3, -0.25) is 4.79 Å². The van der Waals surface area contributed by atoms with E-state index in [-0.39, 0.29) is 23.7 Å². The minimum Gasteiger partial charge on any atom is -0.439 e. The van der Waals surface area contributed by atoms with Crippen molar-refractivity contribution in [1.82, 2.24) is 4.90 Å². The molecule has 0 N–H and O–H groups in total. The summed E-state index contributed by atoms with van der Waals surface area (Å²) in [5.41, 5.74) is 0. The number of esters is 1. The number of carbonyl (C=O) groups is 1. The van der Waals surface area contributed by atoms with Crippen molar-refractivity contribution >= 4 is 14.3 Å². The Hall–Kier alpha value is -0.393. The summed E-state index contributed by atoms with van der Waals surface area (Å²) >= 11 is 0. The minimum atomic E-state index is -1.81. The van der Waals surface area contributed by atoms with Gasteiger partial charge in [-0.25, -0.2) is 0 Å². The minimum absolute atomic E-state index is 0.0259. The summed E-state index contributed by atoms with van der Waals surface area (Å²) in [5.74, 6) is -0.0870. The molecule has 1 heterocycles. The number of hydrogen-bond donors (Lipinski definition) is 0. The molecular weight excluding hydrogens is 246 g/mol. The Morgan fingerprint density at radius 1 is 1.39 bits per heavy atom. The van der Waals surface area contributed by atoms with Crippen molar-refractivity contribution in [3.63, 3.8) is 0 Å². The first kappa shape index (κ1) is 15.7. The molecule has 18 heavy (non-hydrogen) atoms. The Morgan fingerprint density at radius 2 is 2.00 bits per heavy atom. The number of carbonyl (C=O) groups excluding carboxylic acids is 1. The number of rotatable bonds is 4. The molecule has 0 aromatic rings. The number of nitrogens with zero attached hydrogens (tertiary/aromatic N) is 1. The third-order valence-electron chi connectivity index (χ3n) is 4.15. The molecule has 1 saturated heterocycles. The van der Waals surface area contributed by atoms with Crippen LogP contribution in [0.3, 0.4) is 0 Å². The molecule has 1 rings (SSSR count). The van der Waals surface area contributed by atoms with Gasteiger partial charge in [-0.1, -0.05) is 20.8 Å². The summed E-state index contributed by atoms with van der Waals surface area (Å²) in [7, 11) is 0.215. The fraction of sp³-hybridized carbons (Fsp3) is 0.923. The van der Waals surface area contributed by atoms with Crippen molar-refractivity contribution in [2.75, 3.05) is 26.9 Å². The van der Waals surface area contributed by atoms with E-state index in [9.17, 15) is 4.79 Å². The van der Waals surface area contributed by atoms with Gasteiger partial charge in [0.25, 0.3) is 0 Å². The highest BCUT2D eigenvalue weighted by atomic mass is 28.4. The average Bonchev–Trinajstić information content (AvgIpc) is 2.62. The van der Waals surface area contributed by atoms with Crippen LogP contribution in [0.5, 0.6) is 0 Å². The highest BCUT2D eigenvalue weighted by Gasteiger charge is 2.37. The lowest BCUT2D eigenvalue weighted by molar-refractivity contribution is -0.155. The molecule has 5 heteroatoms. The molecule has 0 aromatic carbocycles. The number of likely N-dealkylation sites (tertiary alicyclic amines) is 1. The lowest BCUT2D eigenvalue weighted by Gasteiger charge is -2.35. The van der Waals surface area contributed by atoms with Gasteiger partial charge >= 0.3 is 5.97 Å². The molecular formula is C13H27NO3Si.